The average molecular weight is 451 g/mol. The Kier molecular flexibility index (Phi) is 7.19. The van der Waals surface area contributed by atoms with Gasteiger partial charge in [-0.1, -0.05) is 12.2 Å². The van der Waals surface area contributed by atoms with Gasteiger partial charge in [-0.25, -0.2) is 4.39 Å². The highest BCUT2D eigenvalue weighted by Crippen LogP contribution is 2.41. The molecule has 1 amide bonds. The van der Waals surface area contributed by atoms with E-state index in [4.69, 9.17) is 5.26 Å². The zero-order valence-electron chi connectivity index (χ0n) is 17.7. The molecule has 172 valence electrons. The molecule has 32 heavy (non-hydrogen) atoms. The van der Waals surface area contributed by atoms with Gasteiger partial charge in [0.1, 0.15) is 12.2 Å². The van der Waals surface area contributed by atoms with E-state index in [0.29, 0.717) is 30.8 Å². The average Bonchev–Trinajstić information content (AvgIpc) is 3.33. The van der Waals surface area contributed by atoms with Gasteiger partial charge in [0.15, 0.2) is 0 Å². The van der Waals surface area contributed by atoms with Gasteiger partial charge < -0.3 is 10.2 Å². The summed E-state index contributed by atoms with van der Waals surface area (Å²) in [5.74, 6) is -0.312. The van der Waals surface area contributed by atoms with Gasteiger partial charge in [-0.05, 0) is 32.2 Å². The van der Waals surface area contributed by atoms with Crippen LogP contribution in [-0.2, 0) is 11.0 Å². The Bertz CT molecular complexity index is 939. The Labute approximate surface area is 184 Å². The number of carbonyl (C=O) groups excluding carboxylic acids is 1. The van der Waals surface area contributed by atoms with Crippen LogP contribution in [0.5, 0.6) is 0 Å². The molecule has 2 fully saturated rings. The second kappa shape index (κ2) is 9.69. The zero-order chi connectivity index (χ0) is 23.5. The number of amides is 1. The lowest BCUT2D eigenvalue weighted by Gasteiger charge is -2.23. The summed E-state index contributed by atoms with van der Waals surface area (Å²) < 4.78 is 54.2. The van der Waals surface area contributed by atoms with Gasteiger partial charge in [0.25, 0.3) is 0 Å². The van der Waals surface area contributed by atoms with Crippen molar-refractivity contribution in [3.8, 4) is 6.07 Å². The number of alkyl halides is 4. The van der Waals surface area contributed by atoms with Crippen molar-refractivity contribution < 1.29 is 22.4 Å². The van der Waals surface area contributed by atoms with E-state index in [2.05, 4.69) is 17.0 Å². The number of nitrogens with one attached hydrogen (secondary N) is 1. The predicted octanol–water partition coefficient (Wildman–Crippen LogP) is 4.02. The summed E-state index contributed by atoms with van der Waals surface area (Å²) in [5.41, 5.74) is -0.473. The molecular formula is C22H25F4N5O. The number of carbonyl (C=O) groups is 1. The molecule has 2 heterocycles. The molecule has 6 nitrogen and oxygen atoms in total. The van der Waals surface area contributed by atoms with Crippen LogP contribution in [0, 0.1) is 11.3 Å². The first kappa shape index (κ1) is 23.7. The number of nitrogens with zero attached hydrogens (tertiary/aromatic N) is 4. The molecule has 1 aromatic rings. The van der Waals surface area contributed by atoms with Crippen LogP contribution in [0.4, 0.5) is 28.9 Å². The molecule has 1 aromatic carbocycles. The molecule has 0 bridgehead atoms. The topological polar surface area (TPSA) is 71.7 Å². The summed E-state index contributed by atoms with van der Waals surface area (Å²) in [6.45, 7) is 5.95. The molecule has 2 saturated heterocycles. The largest absolute Gasteiger partial charge is 0.418 e. The number of nitriles is 1. The van der Waals surface area contributed by atoms with E-state index in [0.717, 1.165) is 6.07 Å². The molecule has 3 rings (SSSR count). The smallest absolute Gasteiger partial charge is 0.381 e. The molecule has 0 saturated carbocycles. The van der Waals surface area contributed by atoms with Crippen LogP contribution in [0.25, 0.3) is 6.08 Å². The van der Waals surface area contributed by atoms with Crippen LogP contribution in [0.1, 0.15) is 30.9 Å². The molecule has 0 radical (unpaired) electrons. The van der Waals surface area contributed by atoms with Crippen molar-refractivity contribution >= 4 is 30.1 Å². The minimum absolute atomic E-state index is 0.0259. The Morgan fingerprint density at radius 2 is 2.16 bits per heavy atom. The summed E-state index contributed by atoms with van der Waals surface area (Å²) in [7, 11) is 0. The number of anilines is 1. The van der Waals surface area contributed by atoms with Crippen molar-refractivity contribution in [2.45, 2.75) is 44.2 Å². The standard InChI is InChI=1S/C22H25F4N5O/c1-3-4-14-7-17(9-19(21(14)28-2)22(24,25)26)29-16-5-6-30(12-16)13-20(32)31-11-15(23)8-18(31)10-27/h3-4,7,9,15-16,18,29H,2,5-6,8,11-13H2,1H3/b4-3-/t15-,16-,18-/m0/s1. The van der Waals surface area contributed by atoms with Crippen molar-refractivity contribution in [3.63, 3.8) is 0 Å². The highest BCUT2D eigenvalue weighted by molar-refractivity contribution is 5.79. The highest BCUT2D eigenvalue weighted by atomic mass is 19.4. The number of benzene rings is 1. The third-order valence-corrected chi connectivity index (χ3v) is 5.67. The summed E-state index contributed by atoms with van der Waals surface area (Å²) in [6.07, 6.45) is -1.95. The molecule has 2 aliphatic rings. The number of likely N-dealkylation sites (tertiary alicyclic amines) is 2. The number of hydrogen-bond acceptors (Lipinski definition) is 5. The first-order valence-electron chi connectivity index (χ1n) is 10.3. The van der Waals surface area contributed by atoms with E-state index in [-0.39, 0.29) is 37.1 Å². The summed E-state index contributed by atoms with van der Waals surface area (Å²) in [4.78, 5) is 19.2. The SMILES string of the molecule is C=Nc1c(/C=C\C)cc(N[C@H]2CCN(CC(=O)N3C[C@@H](F)C[C@H]3C#N)C2)cc1C(F)(F)F. The summed E-state index contributed by atoms with van der Waals surface area (Å²) in [6, 6.07) is 3.66. The fourth-order valence-electron chi connectivity index (χ4n) is 4.23. The highest BCUT2D eigenvalue weighted by Gasteiger charge is 2.37. The molecule has 2 aliphatic heterocycles. The Morgan fingerprint density at radius 1 is 1.41 bits per heavy atom. The zero-order valence-corrected chi connectivity index (χ0v) is 17.7. The number of rotatable bonds is 6. The van der Waals surface area contributed by atoms with E-state index >= 15 is 0 Å². The number of hydrogen-bond donors (Lipinski definition) is 1. The third kappa shape index (κ3) is 5.27. The lowest BCUT2D eigenvalue weighted by atomic mass is 10.0. The normalized spacial score (nSPS) is 24.1. The first-order chi connectivity index (χ1) is 15.2. The van der Waals surface area contributed by atoms with E-state index in [1.807, 2.05) is 11.0 Å². The first-order valence-corrected chi connectivity index (χ1v) is 10.3. The minimum atomic E-state index is -4.58. The van der Waals surface area contributed by atoms with Crippen LogP contribution in [-0.4, -0.2) is 66.9 Å². The lowest BCUT2D eigenvalue weighted by molar-refractivity contribution is -0.137. The van der Waals surface area contributed by atoms with E-state index in [1.54, 1.807) is 25.1 Å². The maximum Gasteiger partial charge on any atom is 0.418 e. The van der Waals surface area contributed by atoms with Gasteiger partial charge in [-0.3, -0.25) is 14.7 Å². The van der Waals surface area contributed by atoms with Gasteiger partial charge >= 0.3 is 6.18 Å². The summed E-state index contributed by atoms with van der Waals surface area (Å²) in [5, 5.41) is 12.2. The van der Waals surface area contributed by atoms with Gasteiger partial charge in [-0.15, -0.1) is 0 Å². The second-order valence-corrected chi connectivity index (χ2v) is 8.01. The Balaban J connectivity index is 1.69. The monoisotopic (exact) mass is 451 g/mol. The van der Waals surface area contributed by atoms with E-state index in [1.165, 1.54) is 4.90 Å². The Morgan fingerprint density at radius 3 is 2.78 bits per heavy atom. The van der Waals surface area contributed by atoms with E-state index < -0.39 is 24.0 Å². The van der Waals surface area contributed by atoms with Crippen molar-refractivity contribution in [2.75, 3.05) is 31.5 Å². The molecule has 3 atom stereocenters. The minimum Gasteiger partial charge on any atom is -0.381 e. The summed E-state index contributed by atoms with van der Waals surface area (Å²) >= 11 is 0. The van der Waals surface area contributed by atoms with Crippen LogP contribution in [0.2, 0.25) is 0 Å². The van der Waals surface area contributed by atoms with Crippen molar-refractivity contribution in [3.05, 3.63) is 29.3 Å². The van der Waals surface area contributed by atoms with Gasteiger partial charge in [-0.2, -0.15) is 18.4 Å². The van der Waals surface area contributed by atoms with Crippen molar-refractivity contribution in [2.24, 2.45) is 4.99 Å². The molecule has 0 aromatic heterocycles. The quantitative estimate of drug-likeness (QED) is 0.524. The van der Waals surface area contributed by atoms with Crippen LogP contribution < -0.4 is 5.32 Å². The maximum atomic E-state index is 13.6. The van der Waals surface area contributed by atoms with Crippen LogP contribution in [0.15, 0.2) is 23.2 Å². The fourth-order valence-corrected chi connectivity index (χ4v) is 4.23. The predicted molar refractivity (Wildman–Crippen MR) is 114 cm³/mol. The van der Waals surface area contributed by atoms with E-state index in [9.17, 15) is 22.4 Å². The van der Waals surface area contributed by atoms with Gasteiger partial charge in [0, 0.05) is 36.8 Å². The van der Waals surface area contributed by atoms with Crippen molar-refractivity contribution in [1.82, 2.24) is 9.80 Å². The molecular weight excluding hydrogens is 426 g/mol. The Hall–Kier alpha value is -2.93. The van der Waals surface area contributed by atoms with Gasteiger partial charge in [0.05, 0.1) is 30.4 Å². The second-order valence-electron chi connectivity index (χ2n) is 8.01. The molecule has 1 N–H and O–H groups in total. The van der Waals surface area contributed by atoms with Crippen molar-refractivity contribution in [1.29, 1.82) is 5.26 Å². The molecule has 0 aliphatic carbocycles. The van der Waals surface area contributed by atoms with Crippen LogP contribution in [0.3, 0.4) is 0 Å². The third-order valence-electron chi connectivity index (χ3n) is 5.67. The van der Waals surface area contributed by atoms with Gasteiger partial charge in [0.2, 0.25) is 5.91 Å². The molecule has 0 unspecified atom stereocenters. The number of aliphatic imine (C=N–C) groups is 1. The lowest BCUT2D eigenvalue weighted by Crippen LogP contribution is -2.42. The molecule has 10 heteroatoms. The number of allylic oxidation sites excluding steroid dienone is 1. The molecule has 0 spiro atoms. The number of halogens is 4. The van der Waals surface area contributed by atoms with Crippen LogP contribution >= 0.6 is 0 Å². The maximum absolute atomic E-state index is 13.6. The fraction of sp³-hybridized carbons (Fsp3) is 0.500.